The minimum Gasteiger partial charge on any atom is -0.388 e. The molecule has 0 radical (unpaired) electrons. The van der Waals surface area contributed by atoms with Crippen molar-refractivity contribution in [3.8, 4) is 0 Å². The molecule has 4 nitrogen and oxygen atoms in total. The van der Waals surface area contributed by atoms with Crippen molar-refractivity contribution in [2.24, 2.45) is 15.9 Å². The first-order chi connectivity index (χ1) is 12.1. The number of aliphatic hydroxyl groups excluding tert-OH is 1. The minimum atomic E-state index is -0.706. The monoisotopic (exact) mass is 331 g/mol. The minimum absolute atomic E-state index is 0.240. The predicted octanol–water partition coefficient (Wildman–Crippen LogP) is 3.96. The number of hydrogen-bond acceptors (Lipinski definition) is 3. The Labute approximate surface area is 147 Å². The molecule has 0 spiro atoms. The van der Waals surface area contributed by atoms with Crippen molar-refractivity contribution in [2.75, 3.05) is 0 Å². The Morgan fingerprint density at radius 1 is 1.04 bits per heavy atom. The van der Waals surface area contributed by atoms with Gasteiger partial charge in [-0.05, 0) is 34.9 Å². The van der Waals surface area contributed by atoms with Crippen LogP contribution in [0.25, 0.3) is 10.8 Å². The largest absolute Gasteiger partial charge is 0.388 e. The molecule has 0 aromatic heterocycles. The highest BCUT2D eigenvalue weighted by Crippen LogP contribution is 2.22. The molecular formula is C21H21N3O. The van der Waals surface area contributed by atoms with Crippen LogP contribution < -0.4 is 5.73 Å². The van der Waals surface area contributed by atoms with Crippen molar-refractivity contribution >= 4 is 22.8 Å². The highest BCUT2D eigenvalue weighted by Gasteiger charge is 2.10. The van der Waals surface area contributed by atoms with Crippen molar-refractivity contribution in [1.82, 2.24) is 0 Å². The Balaban J connectivity index is 1.66. The van der Waals surface area contributed by atoms with E-state index in [2.05, 4.69) is 10.2 Å². The van der Waals surface area contributed by atoms with Gasteiger partial charge in [-0.2, -0.15) is 5.10 Å². The number of rotatable bonds is 5. The van der Waals surface area contributed by atoms with Crippen LogP contribution in [0.5, 0.6) is 0 Å². The van der Waals surface area contributed by atoms with Gasteiger partial charge in [-0.25, -0.2) is 0 Å². The lowest BCUT2D eigenvalue weighted by atomic mass is 10.0. The second-order valence-corrected chi connectivity index (χ2v) is 6.07. The molecule has 3 aromatic carbocycles. The molecule has 0 fully saturated rings. The number of aryl methyl sites for hydroxylation is 1. The molecule has 3 N–H and O–H groups in total. The van der Waals surface area contributed by atoms with Crippen LogP contribution in [0.2, 0.25) is 0 Å². The molecule has 3 rings (SSSR count). The van der Waals surface area contributed by atoms with E-state index in [-0.39, 0.29) is 6.42 Å². The van der Waals surface area contributed by atoms with E-state index in [0.29, 0.717) is 5.84 Å². The molecule has 0 aliphatic carbocycles. The van der Waals surface area contributed by atoms with Gasteiger partial charge in [-0.15, -0.1) is 5.10 Å². The average Bonchev–Trinajstić information content (AvgIpc) is 2.63. The van der Waals surface area contributed by atoms with Gasteiger partial charge >= 0.3 is 0 Å². The summed E-state index contributed by atoms with van der Waals surface area (Å²) in [5, 5.41) is 20.6. The van der Waals surface area contributed by atoms with Crippen LogP contribution >= 0.6 is 0 Å². The zero-order valence-corrected chi connectivity index (χ0v) is 14.1. The Morgan fingerprint density at radius 2 is 1.76 bits per heavy atom. The van der Waals surface area contributed by atoms with Crippen molar-refractivity contribution in [3.05, 3.63) is 83.4 Å². The van der Waals surface area contributed by atoms with Crippen LogP contribution in [0.15, 0.2) is 76.9 Å². The highest BCUT2D eigenvalue weighted by molar-refractivity contribution is 5.85. The summed E-state index contributed by atoms with van der Waals surface area (Å²) < 4.78 is 0. The van der Waals surface area contributed by atoms with Gasteiger partial charge in [0.25, 0.3) is 0 Å². The molecule has 126 valence electrons. The Morgan fingerprint density at radius 3 is 2.52 bits per heavy atom. The van der Waals surface area contributed by atoms with Gasteiger partial charge in [0.2, 0.25) is 0 Å². The summed E-state index contributed by atoms with van der Waals surface area (Å²) >= 11 is 0. The molecule has 0 amide bonds. The standard InChI is InChI=1S/C21H21N3O/c1-15-6-8-16(9-7-15)14-23-24-21(22)13-20(25)19-11-10-17-4-2-3-5-18(17)12-19/h2-12,14,20,25H,13H2,1H3,(H2,22,24)/b23-14+. The lowest BCUT2D eigenvalue weighted by Gasteiger charge is -2.11. The van der Waals surface area contributed by atoms with Crippen LogP contribution in [-0.4, -0.2) is 17.2 Å². The predicted molar refractivity (Wildman–Crippen MR) is 104 cm³/mol. The van der Waals surface area contributed by atoms with Crippen LogP contribution in [-0.2, 0) is 0 Å². The number of amidine groups is 1. The van der Waals surface area contributed by atoms with E-state index < -0.39 is 6.10 Å². The van der Waals surface area contributed by atoms with E-state index in [1.54, 1.807) is 6.21 Å². The van der Waals surface area contributed by atoms with E-state index in [0.717, 1.165) is 21.9 Å². The molecule has 0 saturated heterocycles. The number of nitrogens with zero attached hydrogens (tertiary/aromatic N) is 2. The fraction of sp³-hybridized carbons (Fsp3) is 0.143. The maximum Gasteiger partial charge on any atom is 0.125 e. The van der Waals surface area contributed by atoms with E-state index in [1.807, 2.05) is 73.7 Å². The Bertz CT molecular complexity index is 914. The van der Waals surface area contributed by atoms with Gasteiger partial charge in [0.15, 0.2) is 0 Å². The van der Waals surface area contributed by atoms with Gasteiger partial charge in [0, 0.05) is 6.42 Å². The van der Waals surface area contributed by atoms with E-state index in [1.165, 1.54) is 5.56 Å². The molecule has 3 aromatic rings. The third-order valence-electron chi connectivity index (χ3n) is 4.03. The molecule has 0 aliphatic heterocycles. The zero-order valence-electron chi connectivity index (χ0n) is 14.1. The lowest BCUT2D eigenvalue weighted by molar-refractivity contribution is 0.186. The Kier molecular flexibility index (Phi) is 5.21. The first kappa shape index (κ1) is 16.9. The number of aliphatic hydroxyl groups is 1. The van der Waals surface area contributed by atoms with Crippen molar-refractivity contribution in [1.29, 1.82) is 0 Å². The number of benzene rings is 3. The second-order valence-electron chi connectivity index (χ2n) is 6.07. The molecule has 0 aliphatic rings. The number of hydrogen-bond donors (Lipinski definition) is 2. The van der Waals surface area contributed by atoms with E-state index in [9.17, 15) is 5.11 Å². The van der Waals surface area contributed by atoms with Gasteiger partial charge in [-0.1, -0.05) is 66.2 Å². The fourth-order valence-corrected chi connectivity index (χ4v) is 2.59. The molecule has 4 heteroatoms. The summed E-state index contributed by atoms with van der Waals surface area (Å²) in [7, 11) is 0. The number of fused-ring (bicyclic) bond motifs is 1. The average molecular weight is 331 g/mol. The fourth-order valence-electron chi connectivity index (χ4n) is 2.59. The Hall–Kier alpha value is -2.98. The van der Waals surface area contributed by atoms with Crippen molar-refractivity contribution < 1.29 is 5.11 Å². The SMILES string of the molecule is Cc1ccc(/C=N/N=C(\N)CC(O)c2ccc3ccccc3c2)cc1. The van der Waals surface area contributed by atoms with Gasteiger partial charge < -0.3 is 10.8 Å². The van der Waals surface area contributed by atoms with Gasteiger partial charge in [-0.3, -0.25) is 0 Å². The summed E-state index contributed by atoms with van der Waals surface area (Å²) in [5.41, 5.74) is 8.86. The normalized spacial score (nSPS) is 13.4. The first-order valence-corrected chi connectivity index (χ1v) is 8.20. The summed E-state index contributed by atoms with van der Waals surface area (Å²) in [5.74, 6) is 0.295. The van der Waals surface area contributed by atoms with E-state index in [4.69, 9.17) is 5.73 Å². The molecule has 0 bridgehead atoms. The van der Waals surface area contributed by atoms with Crippen LogP contribution in [0, 0.1) is 6.92 Å². The van der Waals surface area contributed by atoms with Crippen LogP contribution in [0.1, 0.15) is 29.2 Å². The van der Waals surface area contributed by atoms with Crippen LogP contribution in [0.4, 0.5) is 0 Å². The van der Waals surface area contributed by atoms with Crippen LogP contribution in [0.3, 0.4) is 0 Å². The van der Waals surface area contributed by atoms with Crippen molar-refractivity contribution in [2.45, 2.75) is 19.4 Å². The number of nitrogens with two attached hydrogens (primary N) is 1. The molecule has 0 saturated carbocycles. The maximum atomic E-state index is 10.4. The van der Waals surface area contributed by atoms with Gasteiger partial charge in [0.1, 0.15) is 5.84 Å². The third kappa shape index (κ3) is 4.52. The highest BCUT2D eigenvalue weighted by atomic mass is 16.3. The first-order valence-electron chi connectivity index (χ1n) is 8.20. The summed E-state index contributed by atoms with van der Waals surface area (Å²) in [6.45, 7) is 2.03. The summed E-state index contributed by atoms with van der Waals surface area (Å²) in [6.07, 6.45) is 1.18. The molecule has 1 unspecified atom stereocenters. The molecular weight excluding hydrogens is 310 g/mol. The molecule has 1 atom stereocenters. The molecule has 0 heterocycles. The summed E-state index contributed by atoms with van der Waals surface area (Å²) in [4.78, 5) is 0. The topological polar surface area (TPSA) is 71.0 Å². The smallest absolute Gasteiger partial charge is 0.125 e. The second kappa shape index (κ2) is 7.73. The zero-order chi connectivity index (χ0) is 17.6. The lowest BCUT2D eigenvalue weighted by Crippen LogP contribution is -2.15. The third-order valence-corrected chi connectivity index (χ3v) is 4.03. The van der Waals surface area contributed by atoms with E-state index >= 15 is 0 Å². The van der Waals surface area contributed by atoms with Crippen molar-refractivity contribution in [3.63, 3.8) is 0 Å². The molecule has 25 heavy (non-hydrogen) atoms. The quantitative estimate of drug-likeness (QED) is 0.422. The maximum absolute atomic E-state index is 10.4. The van der Waals surface area contributed by atoms with Gasteiger partial charge in [0.05, 0.1) is 12.3 Å². The summed E-state index contributed by atoms with van der Waals surface area (Å²) in [6, 6.07) is 21.9.